The van der Waals surface area contributed by atoms with Gasteiger partial charge in [-0.05, 0) is 23.8 Å². The highest BCUT2D eigenvalue weighted by Crippen LogP contribution is 2.29. The van der Waals surface area contributed by atoms with Gasteiger partial charge in [-0.25, -0.2) is 4.79 Å². The summed E-state index contributed by atoms with van der Waals surface area (Å²) in [4.78, 5) is 11.7. The number of aromatic nitrogens is 2. The van der Waals surface area contributed by atoms with Gasteiger partial charge in [-0.1, -0.05) is 0 Å². The molecule has 106 valence electrons. The Morgan fingerprint density at radius 1 is 1.50 bits per heavy atom. The van der Waals surface area contributed by atoms with Crippen molar-refractivity contribution in [2.24, 2.45) is 7.05 Å². The molecule has 0 fully saturated rings. The van der Waals surface area contributed by atoms with Gasteiger partial charge in [-0.15, -0.1) is 0 Å². The Morgan fingerprint density at radius 2 is 2.25 bits per heavy atom. The summed E-state index contributed by atoms with van der Waals surface area (Å²) in [5, 5.41) is 4.09. The summed E-state index contributed by atoms with van der Waals surface area (Å²) in [7, 11) is 3.07. The van der Waals surface area contributed by atoms with Gasteiger partial charge >= 0.3 is 5.97 Å². The first-order chi connectivity index (χ1) is 9.58. The summed E-state index contributed by atoms with van der Waals surface area (Å²) in [5.74, 6) is -0.516. The van der Waals surface area contributed by atoms with Crippen LogP contribution in [0.1, 0.15) is 15.9 Å². The van der Waals surface area contributed by atoms with Gasteiger partial charge in [0.15, 0.2) is 0 Å². The number of hydrogen-bond acceptors (Lipinski definition) is 4. The molecule has 0 unspecified atom stereocenters. The molecule has 0 amide bonds. The van der Waals surface area contributed by atoms with Crippen molar-refractivity contribution in [3.63, 3.8) is 0 Å². The van der Waals surface area contributed by atoms with Crippen molar-refractivity contribution in [1.82, 2.24) is 9.78 Å². The van der Waals surface area contributed by atoms with E-state index >= 15 is 0 Å². The second kappa shape index (κ2) is 5.73. The Kier molecular flexibility index (Phi) is 4.02. The van der Waals surface area contributed by atoms with Crippen molar-refractivity contribution in [1.29, 1.82) is 0 Å². The second-order valence-corrected chi connectivity index (χ2v) is 4.37. The summed E-state index contributed by atoms with van der Waals surface area (Å²) < 4.78 is 19.1. The van der Waals surface area contributed by atoms with Crippen LogP contribution in [0.15, 0.2) is 24.4 Å². The molecule has 0 aliphatic carbocycles. The Hall–Kier alpha value is -2.37. The molecule has 0 saturated heterocycles. The average Bonchev–Trinajstić information content (AvgIpc) is 2.85. The van der Waals surface area contributed by atoms with Crippen LogP contribution in [0.3, 0.4) is 0 Å². The van der Waals surface area contributed by atoms with Crippen molar-refractivity contribution in [3.05, 3.63) is 35.5 Å². The summed E-state index contributed by atoms with van der Waals surface area (Å²) in [6.07, 6.45) is 1.87. The molecule has 0 aliphatic rings. The Balaban J connectivity index is 2.63. The maximum atomic E-state index is 12.7. The largest absolute Gasteiger partial charge is 0.465 e. The number of ether oxygens (including phenoxy) is 1. The predicted octanol–water partition coefficient (Wildman–Crippen LogP) is 1.97. The van der Waals surface area contributed by atoms with Crippen molar-refractivity contribution in [3.8, 4) is 11.3 Å². The third-order valence-electron chi connectivity index (χ3n) is 3.14. The van der Waals surface area contributed by atoms with Crippen LogP contribution in [0.2, 0.25) is 0 Å². The lowest BCUT2D eigenvalue weighted by atomic mass is 9.97. The number of carbonyl (C=O) groups excluding carboxylic acids is 1. The lowest BCUT2D eigenvalue weighted by molar-refractivity contribution is 0.0602. The molecular weight excluding hydrogens is 261 g/mol. The summed E-state index contributed by atoms with van der Waals surface area (Å²) in [6.45, 7) is -0.498. The lowest BCUT2D eigenvalue weighted by Gasteiger charge is -2.13. The number of nitrogen functional groups attached to an aromatic ring is 1. The molecule has 1 aromatic heterocycles. The second-order valence-electron chi connectivity index (χ2n) is 4.37. The van der Waals surface area contributed by atoms with Gasteiger partial charge in [-0.3, -0.25) is 9.07 Å². The predicted molar refractivity (Wildman–Crippen MR) is 74.1 cm³/mol. The van der Waals surface area contributed by atoms with Gasteiger partial charge < -0.3 is 10.5 Å². The molecule has 6 heteroatoms. The number of anilines is 1. The minimum Gasteiger partial charge on any atom is -0.465 e. The molecule has 5 nitrogen and oxygen atoms in total. The number of hydrogen-bond donors (Lipinski definition) is 1. The van der Waals surface area contributed by atoms with E-state index < -0.39 is 12.6 Å². The van der Waals surface area contributed by atoms with Gasteiger partial charge in [0.25, 0.3) is 0 Å². The maximum absolute atomic E-state index is 12.7. The Bertz CT molecular complexity index is 637. The zero-order chi connectivity index (χ0) is 14.7. The maximum Gasteiger partial charge on any atom is 0.339 e. The number of benzene rings is 1. The van der Waals surface area contributed by atoms with Crippen LogP contribution in [0.5, 0.6) is 0 Å². The van der Waals surface area contributed by atoms with Gasteiger partial charge in [-0.2, -0.15) is 5.10 Å². The van der Waals surface area contributed by atoms with E-state index in [9.17, 15) is 9.18 Å². The van der Waals surface area contributed by atoms with E-state index in [2.05, 4.69) is 5.10 Å². The number of methoxy groups -OCH3 is 1. The van der Waals surface area contributed by atoms with Crippen LogP contribution in [0.25, 0.3) is 11.3 Å². The quantitative estimate of drug-likeness (QED) is 0.685. The van der Waals surface area contributed by atoms with Gasteiger partial charge in [0.05, 0.1) is 25.0 Å². The SMILES string of the molecule is COC(=O)c1cc(-c2ccnn2C)c(CCF)cc1N. The molecule has 2 rings (SSSR count). The van der Waals surface area contributed by atoms with E-state index in [0.29, 0.717) is 0 Å². The number of aryl methyl sites for hydroxylation is 2. The first-order valence-electron chi connectivity index (χ1n) is 6.13. The first kappa shape index (κ1) is 14.0. The molecule has 2 aromatic rings. The number of carbonyl (C=O) groups is 1. The molecule has 2 N–H and O–H groups in total. The zero-order valence-electron chi connectivity index (χ0n) is 11.4. The number of nitrogens with zero attached hydrogens (tertiary/aromatic N) is 2. The molecule has 20 heavy (non-hydrogen) atoms. The normalized spacial score (nSPS) is 10.6. The molecular formula is C14H16FN3O2. The molecule has 0 saturated carbocycles. The third kappa shape index (κ3) is 2.49. The molecule has 1 aromatic carbocycles. The van der Waals surface area contributed by atoms with E-state index in [1.165, 1.54) is 7.11 Å². The molecule has 0 aliphatic heterocycles. The lowest BCUT2D eigenvalue weighted by Crippen LogP contribution is -2.08. The van der Waals surface area contributed by atoms with E-state index in [-0.39, 0.29) is 17.7 Å². The molecule has 1 heterocycles. The zero-order valence-corrected chi connectivity index (χ0v) is 11.4. The van der Waals surface area contributed by atoms with Crippen LogP contribution in [0, 0.1) is 0 Å². The molecule has 0 atom stereocenters. The van der Waals surface area contributed by atoms with Crippen LogP contribution < -0.4 is 5.73 Å². The average molecular weight is 277 g/mol. The van der Waals surface area contributed by atoms with E-state index in [0.717, 1.165) is 16.8 Å². The molecule has 0 bridgehead atoms. The number of rotatable bonds is 4. The first-order valence-corrected chi connectivity index (χ1v) is 6.13. The van der Waals surface area contributed by atoms with Crippen LogP contribution in [-0.2, 0) is 18.2 Å². The fourth-order valence-electron chi connectivity index (χ4n) is 2.14. The fraction of sp³-hybridized carbons (Fsp3) is 0.286. The number of esters is 1. The monoisotopic (exact) mass is 277 g/mol. The fourth-order valence-corrected chi connectivity index (χ4v) is 2.14. The summed E-state index contributed by atoms with van der Waals surface area (Å²) >= 11 is 0. The highest BCUT2D eigenvalue weighted by Gasteiger charge is 2.17. The van der Waals surface area contributed by atoms with E-state index in [1.54, 1.807) is 36.1 Å². The minimum absolute atomic E-state index is 0.228. The van der Waals surface area contributed by atoms with Crippen molar-refractivity contribution in [2.45, 2.75) is 6.42 Å². The van der Waals surface area contributed by atoms with Crippen molar-refractivity contribution in [2.75, 3.05) is 19.5 Å². The smallest absolute Gasteiger partial charge is 0.339 e. The van der Waals surface area contributed by atoms with Crippen molar-refractivity contribution >= 4 is 11.7 Å². The third-order valence-corrected chi connectivity index (χ3v) is 3.14. The highest BCUT2D eigenvalue weighted by atomic mass is 19.1. The highest BCUT2D eigenvalue weighted by molar-refractivity contribution is 5.97. The van der Waals surface area contributed by atoms with Gasteiger partial charge in [0.1, 0.15) is 0 Å². The number of alkyl halides is 1. The van der Waals surface area contributed by atoms with Gasteiger partial charge in [0.2, 0.25) is 0 Å². The van der Waals surface area contributed by atoms with E-state index in [4.69, 9.17) is 10.5 Å². The van der Waals surface area contributed by atoms with Crippen LogP contribution in [-0.4, -0.2) is 29.5 Å². The molecule has 0 spiro atoms. The Morgan fingerprint density at radius 3 is 2.80 bits per heavy atom. The molecule has 0 radical (unpaired) electrons. The topological polar surface area (TPSA) is 70.1 Å². The standard InChI is InChI=1S/C14H16FN3O2/c1-18-13(4-6-17-18)10-8-11(14(19)20-2)12(16)7-9(10)3-5-15/h4,6-8H,3,5,16H2,1-2H3. The number of nitrogens with two attached hydrogens (primary N) is 1. The summed E-state index contributed by atoms with van der Waals surface area (Å²) in [5.41, 5.74) is 8.66. The van der Waals surface area contributed by atoms with Crippen LogP contribution in [0.4, 0.5) is 10.1 Å². The summed E-state index contributed by atoms with van der Waals surface area (Å²) in [6, 6.07) is 5.05. The Labute approximate surface area is 116 Å². The van der Waals surface area contributed by atoms with Gasteiger partial charge in [0, 0.05) is 30.9 Å². The number of halogens is 1. The van der Waals surface area contributed by atoms with Crippen molar-refractivity contribution < 1.29 is 13.9 Å². The van der Waals surface area contributed by atoms with Crippen LogP contribution >= 0.6 is 0 Å². The minimum atomic E-state index is -0.516. The van der Waals surface area contributed by atoms with E-state index in [1.807, 2.05) is 0 Å².